The van der Waals surface area contributed by atoms with Crippen LogP contribution in [0.15, 0.2) is 40.9 Å². The van der Waals surface area contributed by atoms with Gasteiger partial charge >= 0.3 is 0 Å². The molecule has 0 aliphatic heterocycles. The van der Waals surface area contributed by atoms with Gasteiger partial charge in [-0.2, -0.15) is 0 Å². The lowest BCUT2D eigenvalue weighted by molar-refractivity contribution is 0.626. The first-order chi connectivity index (χ1) is 8.06. The predicted octanol–water partition coefficient (Wildman–Crippen LogP) is 4.07. The van der Waals surface area contributed by atoms with E-state index in [1.807, 2.05) is 19.1 Å². The van der Waals surface area contributed by atoms with Crippen molar-refractivity contribution < 1.29 is 4.39 Å². The average Bonchev–Trinajstić information content (AvgIpc) is 2.25. The molecule has 2 rings (SSSR count). The van der Waals surface area contributed by atoms with E-state index in [-0.39, 0.29) is 5.82 Å². The quantitative estimate of drug-likeness (QED) is 0.830. The van der Waals surface area contributed by atoms with Crippen LogP contribution in [0.5, 0.6) is 0 Å². The molecule has 2 aromatic rings. The Labute approximate surface area is 109 Å². The van der Waals surface area contributed by atoms with Gasteiger partial charge in [0.1, 0.15) is 5.82 Å². The molecule has 0 saturated heterocycles. The molecule has 1 nitrogen and oxygen atoms in total. The summed E-state index contributed by atoms with van der Waals surface area (Å²) in [4.78, 5) is 0. The summed E-state index contributed by atoms with van der Waals surface area (Å²) >= 11 is 3.47. The van der Waals surface area contributed by atoms with Gasteiger partial charge in [0.2, 0.25) is 0 Å². The fraction of sp³-hybridized carbons (Fsp3) is 0.143. The van der Waals surface area contributed by atoms with Gasteiger partial charge in [-0.05, 0) is 64.2 Å². The van der Waals surface area contributed by atoms with E-state index in [1.165, 1.54) is 6.07 Å². The Morgan fingerprint density at radius 1 is 1.24 bits per heavy atom. The number of nitrogens with two attached hydrogens (primary N) is 1. The van der Waals surface area contributed by atoms with Gasteiger partial charge in [-0.15, -0.1) is 0 Å². The van der Waals surface area contributed by atoms with Crippen molar-refractivity contribution in [1.29, 1.82) is 0 Å². The lowest BCUT2D eigenvalue weighted by Crippen LogP contribution is -1.96. The van der Waals surface area contributed by atoms with Crippen molar-refractivity contribution in [2.24, 2.45) is 0 Å². The third kappa shape index (κ3) is 2.86. The Morgan fingerprint density at radius 3 is 2.71 bits per heavy atom. The Morgan fingerprint density at radius 2 is 2.00 bits per heavy atom. The van der Waals surface area contributed by atoms with Crippen LogP contribution in [0.4, 0.5) is 10.1 Å². The van der Waals surface area contributed by atoms with E-state index in [0.717, 1.165) is 26.9 Å². The molecule has 17 heavy (non-hydrogen) atoms. The van der Waals surface area contributed by atoms with Crippen molar-refractivity contribution in [2.45, 2.75) is 13.3 Å². The van der Waals surface area contributed by atoms with Crippen LogP contribution in [0.25, 0.3) is 0 Å². The molecule has 0 aliphatic rings. The number of anilines is 1. The first-order valence-electron chi connectivity index (χ1n) is 5.35. The molecular weight excluding hydrogens is 281 g/mol. The largest absolute Gasteiger partial charge is 0.398 e. The lowest BCUT2D eigenvalue weighted by atomic mass is 10.0. The summed E-state index contributed by atoms with van der Waals surface area (Å²) in [7, 11) is 0. The zero-order valence-electron chi connectivity index (χ0n) is 9.50. The molecule has 0 radical (unpaired) electrons. The molecule has 0 heterocycles. The van der Waals surface area contributed by atoms with Crippen LogP contribution in [0.1, 0.15) is 16.7 Å². The third-order valence-electron chi connectivity index (χ3n) is 2.60. The second-order valence-corrected chi connectivity index (χ2v) is 4.93. The van der Waals surface area contributed by atoms with E-state index in [9.17, 15) is 4.39 Å². The van der Waals surface area contributed by atoms with E-state index in [1.54, 1.807) is 12.1 Å². The highest BCUT2D eigenvalue weighted by atomic mass is 79.9. The van der Waals surface area contributed by atoms with Crippen molar-refractivity contribution in [3.63, 3.8) is 0 Å². The molecule has 0 atom stereocenters. The van der Waals surface area contributed by atoms with Gasteiger partial charge in [0, 0.05) is 10.2 Å². The minimum absolute atomic E-state index is 0.209. The molecule has 0 aromatic heterocycles. The van der Waals surface area contributed by atoms with E-state index in [4.69, 9.17) is 5.73 Å². The number of hydrogen-bond acceptors (Lipinski definition) is 1. The molecule has 0 aliphatic carbocycles. The van der Waals surface area contributed by atoms with Gasteiger partial charge in [-0.1, -0.05) is 18.2 Å². The molecule has 88 valence electrons. The number of benzene rings is 2. The first kappa shape index (κ1) is 12.1. The maximum atomic E-state index is 13.1. The maximum absolute atomic E-state index is 13.1. The molecule has 0 fully saturated rings. The van der Waals surface area contributed by atoms with Gasteiger partial charge in [-0.25, -0.2) is 4.39 Å². The van der Waals surface area contributed by atoms with Crippen molar-refractivity contribution >= 4 is 21.6 Å². The van der Waals surface area contributed by atoms with E-state index >= 15 is 0 Å². The van der Waals surface area contributed by atoms with Crippen LogP contribution >= 0.6 is 15.9 Å². The molecule has 0 spiro atoms. The summed E-state index contributed by atoms with van der Waals surface area (Å²) in [6, 6.07) is 10.6. The second-order valence-electron chi connectivity index (χ2n) is 4.13. The average molecular weight is 294 g/mol. The van der Waals surface area contributed by atoms with Gasteiger partial charge in [0.05, 0.1) is 0 Å². The summed E-state index contributed by atoms with van der Waals surface area (Å²) in [6.45, 7) is 2.00. The van der Waals surface area contributed by atoms with E-state index in [2.05, 4.69) is 22.0 Å². The molecule has 0 bridgehead atoms. The topological polar surface area (TPSA) is 26.0 Å². The molecule has 2 N–H and O–H groups in total. The standard InChI is InChI=1S/C14H13BrFN/c1-9-5-11(14(15)13(17)6-9)7-10-3-2-4-12(16)8-10/h2-6,8H,7,17H2,1H3. The minimum atomic E-state index is -0.209. The van der Waals surface area contributed by atoms with Crippen molar-refractivity contribution in [1.82, 2.24) is 0 Å². The highest BCUT2D eigenvalue weighted by Crippen LogP contribution is 2.27. The summed E-state index contributed by atoms with van der Waals surface area (Å²) in [5.41, 5.74) is 9.73. The number of halogens is 2. The van der Waals surface area contributed by atoms with Crippen LogP contribution in [0.2, 0.25) is 0 Å². The van der Waals surface area contributed by atoms with Crippen LogP contribution in [0.3, 0.4) is 0 Å². The van der Waals surface area contributed by atoms with Gasteiger partial charge in [-0.3, -0.25) is 0 Å². The van der Waals surface area contributed by atoms with Gasteiger partial charge in [0.15, 0.2) is 0 Å². The van der Waals surface area contributed by atoms with Crippen LogP contribution < -0.4 is 5.73 Å². The number of rotatable bonds is 2. The summed E-state index contributed by atoms with van der Waals surface area (Å²) < 4.78 is 14.0. The number of hydrogen-bond donors (Lipinski definition) is 1. The monoisotopic (exact) mass is 293 g/mol. The van der Waals surface area contributed by atoms with Crippen LogP contribution in [-0.4, -0.2) is 0 Å². The fourth-order valence-corrected chi connectivity index (χ4v) is 2.24. The van der Waals surface area contributed by atoms with E-state index < -0.39 is 0 Å². The normalized spacial score (nSPS) is 10.5. The Bertz CT molecular complexity index is 552. The van der Waals surface area contributed by atoms with Crippen molar-refractivity contribution in [2.75, 3.05) is 5.73 Å². The summed E-state index contributed by atoms with van der Waals surface area (Å²) in [6.07, 6.45) is 0.671. The molecule has 0 saturated carbocycles. The molecule has 3 heteroatoms. The zero-order chi connectivity index (χ0) is 12.4. The molecular formula is C14H13BrFN. The van der Waals surface area contributed by atoms with E-state index in [0.29, 0.717) is 6.42 Å². The minimum Gasteiger partial charge on any atom is -0.398 e. The fourth-order valence-electron chi connectivity index (χ4n) is 1.87. The highest BCUT2D eigenvalue weighted by Gasteiger charge is 2.06. The Hall–Kier alpha value is -1.35. The first-order valence-corrected chi connectivity index (χ1v) is 6.14. The van der Waals surface area contributed by atoms with Crippen LogP contribution in [0, 0.1) is 12.7 Å². The Kier molecular flexibility index (Phi) is 3.48. The molecule has 0 amide bonds. The Balaban J connectivity index is 2.36. The number of nitrogen functional groups attached to an aromatic ring is 1. The molecule has 2 aromatic carbocycles. The summed E-state index contributed by atoms with van der Waals surface area (Å²) in [5.74, 6) is -0.209. The SMILES string of the molecule is Cc1cc(N)c(Br)c(Cc2cccc(F)c2)c1. The highest BCUT2D eigenvalue weighted by molar-refractivity contribution is 9.10. The molecule has 0 unspecified atom stereocenters. The third-order valence-corrected chi connectivity index (χ3v) is 3.57. The van der Waals surface area contributed by atoms with Crippen LogP contribution in [-0.2, 0) is 6.42 Å². The number of aryl methyl sites for hydroxylation is 1. The lowest BCUT2D eigenvalue weighted by Gasteiger charge is -2.09. The maximum Gasteiger partial charge on any atom is 0.123 e. The van der Waals surface area contributed by atoms with Crippen molar-refractivity contribution in [3.8, 4) is 0 Å². The van der Waals surface area contributed by atoms with Gasteiger partial charge < -0.3 is 5.73 Å². The second kappa shape index (κ2) is 4.88. The predicted molar refractivity (Wildman–Crippen MR) is 72.5 cm³/mol. The smallest absolute Gasteiger partial charge is 0.123 e. The van der Waals surface area contributed by atoms with Gasteiger partial charge in [0.25, 0.3) is 0 Å². The summed E-state index contributed by atoms with van der Waals surface area (Å²) in [5, 5.41) is 0. The van der Waals surface area contributed by atoms with Crippen molar-refractivity contribution in [3.05, 3.63) is 63.4 Å². The zero-order valence-corrected chi connectivity index (χ0v) is 11.1.